The molecule has 0 bridgehead atoms. The third-order valence-electron chi connectivity index (χ3n) is 6.22. The van der Waals surface area contributed by atoms with Crippen molar-refractivity contribution in [2.45, 2.75) is 39.2 Å². The Bertz CT molecular complexity index is 717. The highest BCUT2D eigenvalue weighted by atomic mass is 127. The van der Waals surface area contributed by atoms with E-state index in [1.165, 1.54) is 13.2 Å². The fraction of sp³-hybridized carbons (Fsp3) is 0.652. The number of guanidine groups is 1. The zero-order chi connectivity index (χ0) is 21.3. The third-order valence-corrected chi connectivity index (χ3v) is 6.22. The Hall–Kier alpha value is -1.42. The van der Waals surface area contributed by atoms with E-state index in [1.807, 2.05) is 12.1 Å². The van der Waals surface area contributed by atoms with Crippen LogP contribution in [-0.2, 0) is 16.1 Å². The fourth-order valence-corrected chi connectivity index (χ4v) is 4.33. The molecule has 2 aliphatic heterocycles. The van der Waals surface area contributed by atoms with E-state index in [2.05, 4.69) is 22.0 Å². The Labute approximate surface area is 202 Å². The van der Waals surface area contributed by atoms with Crippen LogP contribution in [0.3, 0.4) is 0 Å². The molecule has 31 heavy (non-hydrogen) atoms. The van der Waals surface area contributed by atoms with Crippen molar-refractivity contribution in [3.63, 3.8) is 0 Å². The molecule has 0 saturated carbocycles. The van der Waals surface area contributed by atoms with Crippen molar-refractivity contribution in [2.24, 2.45) is 16.8 Å². The van der Waals surface area contributed by atoms with Crippen LogP contribution in [0.4, 0.5) is 4.39 Å². The Morgan fingerprint density at radius 3 is 2.45 bits per heavy atom. The van der Waals surface area contributed by atoms with Crippen LogP contribution in [0.2, 0.25) is 0 Å². The molecule has 0 aliphatic carbocycles. The van der Waals surface area contributed by atoms with E-state index >= 15 is 0 Å². The van der Waals surface area contributed by atoms with Crippen molar-refractivity contribution in [3.05, 3.63) is 35.6 Å². The molecule has 0 radical (unpaired) electrons. The number of benzene rings is 1. The zero-order valence-electron chi connectivity index (χ0n) is 18.7. The first-order chi connectivity index (χ1) is 14.6. The molecular weight excluding hydrogens is 510 g/mol. The highest BCUT2D eigenvalue weighted by molar-refractivity contribution is 14.0. The molecule has 0 aromatic heterocycles. The first-order valence-corrected chi connectivity index (χ1v) is 11.2. The number of ether oxygens (including phenoxy) is 1. The molecule has 2 saturated heterocycles. The van der Waals surface area contributed by atoms with E-state index < -0.39 is 0 Å². The SMILES string of the molecule is CCNC(=NCC1CCN(Cc2ccccc2F)CC1)N1CCC(C(=O)OC)CC1.I. The van der Waals surface area contributed by atoms with Gasteiger partial charge in [0.05, 0.1) is 13.0 Å². The van der Waals surface area contributed by atoms with Gasteiger partial charge in [0.15, 0.2) is 5.96 Å². The number of aliphatic imine (C=N–C) groups is 1. The van der Waals surface area contributed by atoms with Gasteiger partial charge in [0, 0.05) is 38.3 Å². The van der Waals surface area contributed by atoms with Crippen LogP contribution in [0.1, 0.15) is 38.2 Å². The van der Waals surface area contributed by atoms with Crippen molar-refractivity contribution < 1.29 is 13.9 Å². The lowest BCUT2D eigenvalue weighted by molar-refractivity contribution is -0.146. The Kier molecular flexibility index (Phi) is 11.0. The zero-order valence-corrected chi connectivity index (χ0v) is 21.0. The molecule has 2 aliphatic rings. The maximum atomic E-state index is 13.9. The lowest BCUT2D eigenvalue weighted by Gasteiger charge is -2.34. The summed E-state index contributed by atoms with van der Waals surface area (Å²) in [6.45, 7) is 8.02. The number of nitrogens with one attached hydrogen (secondary N) is 1. The Balaban J connectivity index is 0.00000341. The predicted molar refractivity (Wildman–Crippen MR) is 132 cm³/mol. The van der Waals surface area contributed by atoms with E-state index in [1.54, 1.807) is 6.07 Å². The number of halogens is 2. The van der Waals surface area contributed by atoms with Crippen molar-refractivity contribution in [1.29, 1.82) is 0 Å². The van der Waals surface area contributed by atoms with Gasteiger partial charge in [-0.2, -0.15) is 0 Å². The highest BCUT2D eigenvalue weighted by Gasteiger charge is 2.27. The minimum Gasteiger partial charge on any atom is -0.469 e. The van der Waals surface area contributed by atoms with Gasteiger partial charge in [0.2, 0.25) is 0 Å². The van der Waals surface area contributed by atoms with Gasteiger partial charge in [-0.05, 0) is 57.7 Å². The van der Waals surface area contributed by atoms with E-state index in [9.17, 15) is 9.18 Å². The Morgan fingerprint density at radius 2 is 1.84 bits per heavy atom. The molecule has 3 rings (SSSR count). The van der Waals surface area contributed by atoms with Gasteiger partial charge >= 0.3 is 5.97 Å². The van der Waals surface area contributed by atoms with E-state index in [0.717, 1.165) is 76.5 Å². The summed E-state index contributed by atoms with van der Waals surface area (Å²) in [4.78, 5) is 21.3. The summed E-state index contributed by atoms with van der Waals surface area (Å²) in [7, 11) is 1.46. The van der Waals surface area contributed by atoms with Crippen molar-refractivity contribution in [1.82, 2.24) is 15.1 Å². The molecule has 0 amide bonds. The maximum absolute atomic E-state index is 13.9. The monoisotopic (exact) mass is 546 g/mol. The number of likely N-dealkylation sites (tertiary alicyclic amines) is 2. The molecule has 2 fully saturated rings. The minimum absolute atomic E-state index is 0. The topological polar surface area (TPSA) is 57.2 Å². The van der Waals surface area contributed by atoms with Crippen molar-refractivity contribution >= 4 is 35.9 Å². The third kappa shape index (κ3) is 7.59. The standard InChI is InChI=1S/C23H35FN4O2.HI/c1-3-25-23(28-14-10-19(11-15-28)22(29)30-2)26-16-18-8-12-27(13-9-18)17-20-6-4-5-7-21(20)24;/h4-7,18-19H,3,8-17H2,1-2H3,(H,25,26);1H. The molecule has 0 spiro atoms. The van der Waals surface area contributed by atoms with Crippen LogP contribution in [0.15, 0.2) is 29.3 Å². The number of esters is 1. The summed E-state index contributed by atoms with van der Waals surface area (Å²) in [5, 5.41) is 3.41. The summed E-state index contributed by atoms with van der Waals surface area (Å²) in [6, 6.07) is 7.05. The average Bonchev–Trinajstić information content (AvgIpc) is 2.79. The number of hydrogen-bond acceptors (Lipinski definition) is 4. The number of rotatable bonds is 6. The molecule has 0 unspecified atom stereocenters. The highest BCUT2D eigenvalue weighted by Crippen LogP contribution is 2.21. The molecule has 6 nitrogen and oxygen atoms in total. The van der Waals surface area contributed by atoms with Gasteiger partial charge in [0.1, 0.15) is 5.82 Å². The Morgan fingerprint density at radius 1 is 1.16 bits per heavy atom. The molecule has 174 valence electrons. The van der Waals surface area contributed by atoms with Crippen LogP contribution < -0.4 is 5.32 Å². The van der Waals surface area contributed by atoms with Crippen LogP contribution in [0.25, 0.3) is 0 Å². The molecule has 0 atom stereocenters. The van der Waals surface area contributed by atoms with Gasteiger partial charge in [-0.15, -0.1) is 24.0 Å². The summed E-state index contributed by atoms with van der Waals surface area (Å²) in [6.07, 6.45) is 3.79. The van der Waals surface area contributed by atoms with E-state index in [4.69, 9.17) is 9.73 Å². The van der Waals surface area contributed by atoms with Gasteiger partial charge in [-0.1, -0.05) is 18.2 Å². The smallest absolute Gasteiger partial charge is 0.308 e. The predicted octanol–water partition coefficient (Wildman–Crippen LogP) is 3.51. The molecule has 1 aromatic carbocycles. The van der Waals surface area contributed by atoms with Gasteiger partial charge in [0.25, 0.3) is 0 Å². The van der Waals surface area contributed by atoms with Crippen LogP contribution in [0, 0.1) is 17.7 Å². The maximum Gasteiger partial charge on any atom is 0.308 e. The summed E-state index contributed by atoms with van der Waals surface area (Å²) in [5.74, 6) is 1.31. The quantitative estimate of drug-likeness (QED) is 0.256. The molecule has 2 heterocycles. The lowest BCUT2D eigenvalue weighted by atomic mass is 9.96. The second-order valence-corrected chi connectivity index (χ2v) is 8.29. The number of methoxy groups -OCH3 is 1. The van der Waals surface area contributed by atoms with Crippen LogP contribution in [0.5, 0.6) is 0 Å². The molecular formula is C23H36FIN4O2. The normalized spacial score (nSPS) is 19.1. The minimum atomic E-state index is -0.115. The van der Waals surface area contributed by atoms with Gasteiger partial charge < -0.3 is 15.0 Å². The van der Waals surface area contributed by atoms with Gasteiger partial charge in [-0.25, -0.2) is 4.39 Å². The van der Waals surface area contributed by atoms with E-state index in [-0.39, 0.29) is 41.7 Å². The van der Waals surface area contributed by atoms with Crippen LogP contribution in [-0.4, -0.2) is 68.1 Å². The van der Waals surface area contributed by atoms with E-state index in [0.29, 0.717) is 12.5 Å². The number of carbonyl (C=O) groups excluding carboxylic acids is 1. The number of hydrogen-bond donors (Lipinski definition) is 1. The fourth-order valence-electron chi connectivity index (χ4n) is 4.33. The molecule has 1 N–H and O–H groups in total. The van der Waals surface area contributed by atoms with Crippen LogP contribution >= 0.6 is 24.0 Å². The first kappa shape index (κ1) is 25.8. The average molecular weight is 546 g/mol. The lowest BCUT2D eigenvalue weighted by Crippen LogP contribution is -2.47. The largest absolute Gasteiger partial charge is 0.469 e. The number of carbonyl (C=O) groups is 1. The second kappa shape index (κ2) is 13.2. The first-order valence-electron chi connectivity index (χ1n) is 11.2. The summed E-state index contributed by atoms with van der Waals surface area (Å²) < 4.78 is 18.8. The van der Waals surface area contributed by atoms with Crippen molar-refractivity contribution in [2.75, 3.05) is 46.4 Å². The number of nitrogens with zero attached hydrogens (tertiary/aromatic N) is 3. The molecule has 1 aromatic rings. The van der Waals surface area contributed by atoms with Crippen molar-refractivity contribution in [3.8, 4) is 0 Å². The summed E-state index contributed by atoms with van der Waals surface area (Å²) in [5.41, 5.74) is 0.777. The molecule has 8 heteroatoms. The van der Waals surface area contributed by atoms with Gasteiger partial charge in [-0.3, -0.25) is 14.7 Å². The second-order valence-electron chi connectivity index (χ2n) is 8.29. The number of piperidine rings is 2. The summed E-state index contributed by atoms with van der Waals surface area (Å²) >= 11 is 0.